The van der Waals surface area contributed by atoms with E-state index in [0.717, 1.165) is 46.8 Å². The van der Waals surface area contributed by atoms with Crippen LogP contribution in [0.5, 0.6) is 0 Å². The van der Waals surface area contributed by atoms with E-state index in [0.29, 0.717) is 29.1 Å². The molecule has 15 nitrogen and oxygen atoms in total. The molecular formula is C62H94BClN6O9. The van der Waals surface area contributed by atoms with Crippen molar-refractivity contribution in [3.05, 3.63) is 111 Å². The number of amides is 2. The Labute approximate surface area is 477 Å². The minimum atomic E-state index is -1.36. The molecule has 3 fully saturated rings. The smallest absolute Gasteiger partial charge is 0.443 e. The highest BCUT2D eigenvalue weighted by molar-refractivity contribution is 6.65. The van der Waals surface area contributed by atoms with Crippen LogP contribution >= 0.6 is 11.6 Å². The Morgan fingerprint density at radius 2 is 1.20 bits per heavy atom. The fraction of sp³-hybridized carbons (Fsp3) is 0.597. The first-order chi connectivity index (χ1) is 36.1. The zero-order valence-corrected chi connectivity index (χ0v) is 52.1. The van der Waals surface area contributed by atoms with Gasteiger partial charge in [-0.25, -0.2) is 30.1 Å². The zero-order valence-electron chi connectivity index (χ0n) is 51.3. The van der Waals surface area contributed by atoms with Gasteiger partial charge in [0.1, 0.15) is 11.2 Å². The maximum Gasteiger partial charge on any atom is 0.488 e. The number of fused-ring (bicyclic) bond motifs is 7. The summed E-state index contributed by atoms with van der Waals surface area (Å²) in [6, 6.07) is 23.8. The van der Waals surface area contributed by atoms with Crippen molar-refractivity contribution in [2.24, 2.45) is 41.0 Å². The normalized spacial score (nSPS) is 21.8. The molecule has 1 unspecified atom stereocenters. The van der Waals surface area contributed by atoms with Gasteiger partial charge in [0.15, 0.2) is 5.78 Å². The molecule has 4 aliphatic carbocycles. The lowest BCUT2D eigenvalue weighted by Crippen LogP contribution is -2.38. The van der Waals surface area contributed by atoms with Crippen LogP contribution in [0.4, 0.5) is 15.3 Å². The Bertz CT molecular complexity index is 2830. The number of benzene rings is 3. The van der Waals surface area contributed by atoms with Gasteiger partial charge in [-0.2, -0.15) is 0 Å². The van der Waals surface area contributed by atoms with Crippen LogP contribution in [-0.4, -0.2) is 85.1 Å². The summed E-state index contributed by atoms with van der Waals surface area (Å²) >= 11 is 5.50. The van der Waals surface area contributed by atoms with Crippen molar-refractivity contribution in [3.63, 3.8) is 0 Å². The van der Waals surface area contributed by atoms with E-state index in [9.17, 15) is 24.0 Å². The number of Topliss-reactive ketones (excluding diaryl/α,β-unsaturated/α-hetero) is 1. The predicted molar refractivity (Wildman–Crippen MR) is 319 cm³/mol. The number of aromatic nitrogens is 2. The zero-order chi connectivity index (χ0) is 60.3. The van der Waals surface area contributed by atoms with E-state index in [1.807, 2.05) is 68.8 Å². The molecule has 8 rings (SSSR count). The van der Waals surface area contributed by atoms with E-state index >= 15 is 0 Å². The molecule has 5 atom stereocenters. The molecule has 1 aromatic heterocycles. The van der Waals surface area contributed by atoms with Gasteiger partial charge in [-0.05, 0) is 166 Å². The van der Waals surface area contributed by atoms with Crippen LogP contribution in [0.25, 0.3) is 5.69 Å². The molecule has 4 aromatic rings. The quantitative estimate of drug-likeness (QED) is 0.0327. The Hall–Kier alpha value is -5.42. The molecule has 2 amide bonds. The first kappa shape index (κ1) is 66.1. The summed E-state index contributed by atoms with van der Waals surface area (Å²) in [5.41, 5.74) is 10.5. The summed E-state index contributed by atoms with van der Waals surface area (Å²) < 4.78 is 14.2. The van der Waals surface area contributed by atoms with E-state index in [-0.39, 0.29) is 38.9 Å². The van der Waals surface area contributed by atoms with Crippen LogP contribution in [0.2, 0.25) is 0 Å². The van der Waals surface area contributed by atoms with Crippen LogP contribution in [0.3, 0.4) is 0 Å². The summed E-state index contributed by atoms with van der Waals surface area (Å²) in [5, 5.41) is 19.6. The number of nitrogens with one attached hydrogen (secondary N) is 1. The number of nitrogens with two attached hydrogens (primary N) is 1. The number of halogens is 1. The van der Waals surface area contributed by atoms with Gasteiger partial charge >= 0.3 is 19.3 Å². The second-order valence-electron chi connectivity index (χ2n) is 26.4. The van der Waals surface area contributed by atoms with Crippen LogP contribution in [0.15, 0.2) is 77.6 Å². The van der Waals surface area contributed by atoms with E-state index in [1.54, 1.807) is 33.9 Å². The minimum Gasteiger partial charge on any atom is -0.443 e. The molecule has 3 aromatic carbocycles. The Morgan fingerprint density at radius 1 is 0.722 bits per heavy atom. The summed E-state index contributed by atoms with van der Waals surface area (Å²) in [7, 11) is 3.79. The van der Waals surface area contributed by atoms with E-state index in [2.05, 4.69) is 124 Å². The maximum absolute atomic E-state index is 13.3. The molecule has 3 saturated carbocycles. The van der Waals surface area contributed by atoms with Gasteiger partial charge < -0.3 is 19.5 Å². The number of ketones is 1. The van der Waals surface area contributed by atoms with Gasteiger partial charge in [0.2, 0.25) is 5.24 Å². The molecule has 0 aliphatic heterocycles. The van der Waals surface area contributed by atoms with Gasteiger partial charge in [0.05, 0.1) is 23.0 Å². The summed E-state index contributed by atoms with van der Waals surface area (Å²) in [6.45, 7) is 36.9. The van der Waals surface area contributed by atoms with E-state index in [1.165, 1.54) is 35.3 Å². The van der Waals surface area contributed by atoms with E-state index < -0.39 is 41.7 Å². The van der Waals surface area contributed by atoms with Crippen LogP contribution in [0, 0.1) is 28.1 Å². The third kappa shape index (κ3) is 14.7. The SMILES string of the molecule is CC(C)c1cccc(-n2c(=O)c3c(n2C)[C@]2(C)CC[C@H]3C2(C)C)c1.CC(C)c1cccc(B(O)O)c1.CC(C)c1cccc(NN(C)C(=O)OC(C)(C)C)c1.CC1(C)[C@@H]2CC[C@@]1(C)C(=O)C2C(=O)Cl.CN(N)C(=O)OC(C)(C)C. The van der Waals surface area contributed by atoms with Crippen molar-refractivity contribution in [1.82, 2.24) is 19.4 Å². The van der Waals surface area contributed by atoms with Crippen molar-refractivity contribution in [3.8, 4) is 5.69 Å². The molecular weight excluding hydrogens is 1020 g/mol. The molecule has 436 valence electrons. The van der Waals surface area contributed by atoms with Crippen LogP contribution in [0.1, 0.15) is 202 Å². The lowest BCUT2D eigenvalue weighted by atomic mass is 9.70. The number of hydrogen-bond acceptors (Lipinski definition) is 11. The summed E-state index contributed by atoms with van der Waals surface area (Å²) in [4.78, 5) is 59.1. The Morgan fingerprint density at radius 3 is 1.63 bits per heavy atom. The highest BCUT2D eigenvalue weighted by atomic mass is 35.5. The van der Waals surface area contributed by atoms with Crippen molar-refractivity contribution >= 4 is 53.1 Å². The number of rotatable bonds is 8. The minimum absolute atomic E-state index is 0.0683. The fourth-order valence-electron chi connectivity index (χ4n) is 11.6. The number of nitrogens with zero attached hydrogens (tertiary/aromatic N) is 4. The monoisotopic (exact) mass is 1110 g/mol. The highest BCUT2D eigenvalue weighted by Gasteiger charge is 2.67. The third-order valence-electron chi connectivity index (χ3n) is 17.0. The van der Waals surface area contributed by atoms with Crippen molar-refractivity contribution in [1.29, 1.82) is 0 Å². The summed E-state index contributed by atoms with van der Waals surface area (Å²) in [6.07, 6.45) is 3.26. The van der Waals surface area contributed by atoms with Gasteiger partial charge in [-0.1, -0.05) is 132 Å². The molecule has 17 heteroatoms. The molecule has 5 N–H and O–H groups in total. The molecule has 0 radical (unpaired) electrons. The average molecular weight is 1110 g/mol. The maximum atomic E-state index is 13.3. The Balaban J connectivity index is 0.000000221. The first-order valence-corrected chi connectivity index (χ1v) is 28.2. The van der Waals surface area contributed by atoms with Crippen LogP contribution in [-0.2, 0) is 31.5 Å². The van der Waals surface area contributed by atoms with Crippen molar-refractivity contribution in [2.45, 2.75) is 191 Å². The second kappa shape index (κ2) is 25.2. The molecule has 4 bridgehead atoms. The number of hydrazine groups is 2. The first-order valence-electron chi connectivity index (χ1n) is 27.8. The molecule has 4 aliphatic rings. The molecule has 0 spiro atoms. The number of carbonyl (C=O) groups is 4. The predicted octanol–water partition coefficient (Wildman–Crippen LogP) is 12.1. The lowest BCUT2D eigenvalue weighted by Gasteiger charge is -2.36. The molecule has 1 heterocycles. The number of ether oxygens (including phenoxy) is 2. The van der Waals surface area contributed by atoms with Gasteiger partial charge in [0, 0.05) is 37.5 Å². The largest absolute Gasteiger partial charge is 0.488 e. The molecule has 79 heavy (non-hydrogen) atoms. The topological polar surface area (TPSA) is 199 Å². The Kier molecular flexibility index (Phi) is 21.1. The van der Waals surface area contributed by atoms with Gasteiger partial charge in [0.25, 0.3) is 5.56 Å². The van der Waals surface area contributed by atoms with Gasteiger partial charge in [-0.3, -0.25) is 24.5 Å². The van der Waals surface area contributed by atoms with Gasteiger partial charge in [-0.15, -0.1) is 0 Å². The average Bonchev–Trinajstić information content (AvgIpc) is 3.81. The highest BCUT2D eigenvalue weighted by Crippen LogP contribution is 2.67. The van der Waals surface area contributed by atoms with E-state index in [4.69, 9.17) is 37.0 Å². The van der Waals surface area contributed by atoms with Crippen LogP contribution < -0.4 is 22.3 Å². The number of carbonyl (C=O) groups excluding carboxylic acids is 4. The number of anilines is 1. The summed E-state index contributed by atoms with van der Waals surface area (Å²) in [5.74, 6) is 6.52. The molecule has 0 saturated heterocycles. The lowest BCUT2D eigenvalue weighted by molar-refractivity contribution is -0.135. The second-order valence-corrected chi connectivity index (χ2v) is 26.7. The third-order valence-corrected chi connectivity index (χ3v) is 17.3. The van der Waals surface area contributed by atoms with Crippen molar-refractivity contribution in [2.75, 3.05) is 19.5 Å². The van der Waals surface area contributed by atoms with Crippen molar-refractivity contribution < 1.29 is 38.7 Å². The fourth-order valence-corrected chi connectivity index (χ4v) is 11.9. The standard InChI is InChI=1S/C21H28N2O.C15H24N2O2.C11H15ClO2.C9H13BO2.C6H14N2O2/c1-13(2)14-8-7-9-15(12-14)23-19(24)17-16-10-11-21(5,20(16,3)4)18(17)22(23)6;1-11(2)12-8-7-9-13(10-12)16-17(6)14(18)19-15(3,4)5;1-10(2)6-4-5-11(10,3)8(13)7(6)9(12)14;1-7(2)8-4-3-5-9(6-8)10(11)12;1-6(2,3)10-5(9)8(4)7/h7-9,12-13,16H,10-11H2,1-6H3;7-11,16H,1-6H3;6-7H,4-5H2,1-3H3;3-7,11-12H,1-2H3;7H2,1-4H3/t16-,21+;;6-,7?,11+;;/m1.1../s1. The number of hydrogen-bond donors (Lipinski definition) is 4.